The van der Waals surface area contributed by atoms with Gasteiger partial charge >= 0.3 is 0 Å². The number of ether oxygens (including phenoxy) is 1. The summed E-state index contributed by atoms with van der Waals surface area (Å²) in [7, 11) is 0. The molecule has 0 amide bonds. The number of nitrogens with zero attached hydrogens (tertiary/aromatic N) is 2. The SMILES string of the molecule is OC1C=Cc2ccc(OCCCCN3CCc4ccsc4C3)nc2N1. The highest BCUT2D eigenvalue weighted by Crippen LogP contribution is 2.25. The van der Waals surface area contributed by atoms with E-state index in [1.807, 2.05) is 29.5 Å². The normalized spacial score (nSPS) is 19.2. The second kappa shape index (κ2) is 7.56. The number of aliphatic hydroxyl groups is 1. The highest BCUT2D eigenvalue weighted by molar-refractivity contribution is 7.10. The highest BCUT2D eigenvalue weighted by atomic mass is 32.1. The van der Waals surface area contributed by atoms with Crippen LogP contribution in [0.2, 0.25) is 0 Å². The van der Waals surface area contributed by atoms with Gasteiger partial charge in [-0.25, -0.2) is 0 Å². The minimum absolute atomic E-state index is 0.606. The van der Waals surface area contributed by atoms with E-state index in [1.54, 1.807) is 6.08 Å². The Morgan fingerprint density at radius 2 is 2.28 bits per heavy atom. The molecule has 132 valence electrons. The van der Waals surface area contributed by atoms with Gasteiger partial charge in [0.25, 0.3) is 0 Å². The van der Waals surface area contributed by atoms with Gasteiger partial charge in [-0.05, 0) is 55.0 Å². The van der Waals surface area contributed by atoms with Gasteiger partial charge in [-0.15, -0.1) is 11.3 Å². The molecular formula is C19H23N3O2S. The molecule has 0 aromatic carbocycles. The number of nitrogens with one attached hydrogen (secondary N) is 1. The molecule has 0 radical (unpaired) electrons. The molecule has 25 heavy (non-hydrogen) atoms. The van der Waals surface area contributed by atoms with Crippen LogP contribution >= 0.6 is 11.3 Å². The smallest absolute Gasteiger partial charge is 0.215 e. The number of unbranched alkanes of at least 4 members (excludes halogenated alkanes) is 1. The summed E-state index contributed by atoms with van der Waals surface area (Å²) in [6.45, 7) is 4.05. The zero-order chi connectivity index (χ0) is 17.1. The fraction of sp³-hybridized carbons (Fsp3) is 0.421. The molecule has 2 N–H and O–H groups in total. The number of hydrogen-bond donors (Lipinski definition) is 2. The summed E-state index contributed by atoms with van der Waals surface area (Å²) >= 11 is 1.88. The van der Waals surface area contributed by atoms with Crippen molar-refractivity contribution < 1.29 is 9.84 Å². The molecule has 4 rings (SSSR count). The quantitative estimate of drug-likeness (QED) is 0.778. The van der Waals surface area contributed by atoms with E-state index in [0.717, 1.165) is 31.5 Å². The average Bonchev–Trinajstić information content (AvgIpc) is 3.09. The number of thiophene rings is 1. The summed E-state index contributed by atoms with van der Waals surface area (Å²) in [6, 6.07) is 6.10. The lowest BCUT2D eigenvalue weighted by Crippen LogP contribution is -2.30. The van der Waals surface area contributed by atoms with Gasteiger partial charge in [0.05, 0.1) is 6.61 Å². The molecular weight excluding hydrogens is 334 g/mol. The third-order valence-corrected chi connectivity index (χ3v) is 5.61. The van der Waals surface area contributed by atoms with Gasteiger partial charge < -0.3 is 15.2 Å². The predicted octanol–water partition coefficient (Wildman–Crippen LogP) is 3.12. The van der Waals surface area contributed by atoms with Gasteiger partial charge in [0.1, 0.15) is 12.0 Å². The van der Waals surface area contributed by atoms with Crippen LogP contribution in [0, 0.1) is 0 Å². The summed E-state index contributed by atoms with van der Waals surface area (Å²) in [5.74, 6) is 1.28. The molecule has 2 aliphatic heterocycles. The number of pyridine rings is 1. The monoisotopic (exact) mass is 357 g/mol. The van der Waals surface area contributed by atoms with E-state index in [9.17, 15) is 5.11 Å². The molecule has 0 spiro atoms. The fourth-order valence-corrected chi connectivity index (χ4v) is 4.23. The molecule has 5 nitrogen and oxygen atoms in total. The topological polar surface area (TPSA) is 57.6 Å². The Morgan fingerprint density at radius 3 is 3.24 bits per heavy atom. The lowest BCUT2D eigenvalue weighted by molar-refractivity contribution is 0.235. The Labute approximate surface area is 152 Å². The van der Waals surface area contributed by atoms with Crippen LogP contribution in [0.15, 0.2) is 29.7 Å². The summed E-state index contributed by atoms with van der Waals surface area (Å²) in [4.78, 5) is 8.48. The largest absolute Gasteiger partial charge is 0.478 e. The Morgan fingerprint density at radius 1 is 1.32 bits per heavy atom. The zero-order valence-electron chi connectivity index (χ0n) is 14.1. The van der Waals surface area contributed by atoms with Gasteiger partial charge in [-0.3, -0.25) is 4.90 Å². The number of aliphatic hydroxyl groups excluding tert-OH is 1. The van der Waals surface area contributed by atoms with Gasteiger partial charge in [-0.2, -0.15) is 4.98 Å². The van der Waals surface area contributed by atoms with Crippen LogP contribution in [0.4, 0.5) is 5.82 Å². The van der Waals surface area contributed by atoms with Crippen LogP contribution in [0.5, 0.6) is 5.88 Å². The third kappa shape index (κ3) is 4.03. The van der Waals surface area contributed by atoms with E-state index in [-0.39, 0.29) is 0 Å². The van der Waals surface area contributed by atoms with Crippen LogP contribution < -0.4 is 10.1 Å². The molecule has 0 saturated heterocycles. The van der Waals surface area contributed by atoms with Crippen LogP contribution in [-0.4, -0.2) is 40.9 Å². The summed E-state index contributed by atoms with van der Waals surface area (Å²) in [6.07, 6.45) is 6.22. The van der Waals surface area contributed by atoms with E-state index in [2.05, 4.69) is 26.6 Å². The van der Waals surface area contributed by atoms with Gasteiger partial charge in [0.2, 0.25) is 5.88 Å². The Bertz CT molecular complexity index is 759. The first kappa shape index (κ1) is 16.6. The van der Waals surface area contributed by atoms with Crippen molar-refractivity contribution in [3.63, 3.8) is 0 Å². The van der Waals surface area contributed by atoms with Crippen molar-refractivity contribution in [2.75, 3.05) is 25.0 Å². The maximum atomic E-state index is 9.58. The summed E-state index contributed by atoms with van der Waals surface area (Å²) in [5.41, 5.74) is 2.51. The minimum Gasteiger partial charge on any atom is -0.478 e. The summed E-state index contributed by atoms with van der Waals surface area (Å²) < 4.78 is 5.77. The number of anilines is 1. The first-order valence-electron chi connectivity index (χ1n) is 8.82. The van der Waals surface area contributed by atoms with Crippen LogP contribution in [0.3, 0.4) is 0 Å². The number of hydrogen-bond acceptors (Lipinski definition) is 6. The van der Waals surface area contributed by atoms with E-state index in [0.29, 0.717) is 18.3 Å². The second-order valence-electron chi connectivity index (χ2n) is 6.49. The Kier molecular flexibility index (Phi) is 5.01. The van der Waals surface area contributed by atoms with Gasteiger partial charge in [0, 0.05) is 29.6 Å². The van der Waals surface area contributed by atoms with Crippen LogP contribution in [0.25, 0.3) is 6.08 Å². The first-order valence-corrected chi connectivity index (χ1v) is 9.70. The maximum absolute atomic E-state index is 9.58. The molecule has 4 heterocycles. The molecule has 0 fully saturated rings. The van der Waals surface area contributed by atoms with Crippen molar-refractivity contribution in [2.45, 2.75) is 32.0 Å². The van der Waals surface area contributed by atoms with Crippen molar-refractivity contribution in [3.8, 4) is 5.88 Å². The first-order chi connectivity index (χ1) is 12.3. The van der Waals surface area contributed by atoms with Crippen molar-refractivity contribution in [1.82, 2.24) is 9.88 Å². The predicted molar refractivity (Wildman–Crippen MR) is 101 cm³/mol. The van der Waals surface area contributed by atoms with E-state index >= 15 is 0 Å². The van der Waals surface area contributed by atoms with Gasteiger partial charge in [-0.1, -0.05) is 6.08 Å². The third-order valence-electron chi connectivity index (χ3n) is 4.66. The van der Waals surface area contributed by atoms with Crippen LogP contribution in [-0.2, 0) is 13.0 Å². The molecule has 2 aromatic rings. The van der Waals surface area contributed by atoms with E-state index < -0.39 is 6.23 Å². The zero-order valence-corrected chi connectivity index (χ0v) is 15.0. The van der Waals surface area contributed by atoms with Crippen LogP contribution in [0.1, 0.15) is 28.8 Å². The van der Waals surface area contributed by atoms with Crippen molar-refractivity contribution in [3.05, 3.63) is 45.7 Å². The summed E-state index contributed by atoms with van der Waals surface area (Å²) in [5, 5.41) is 14.7. The van der Waals surface area contributed by atoms with Crippen molar-refractivity contribution >= 4 is 23.2 Å². The molecule has 0 bridgehead atoms. The average molecular weight is 357 g/mol. The van der Waals surface area contributed by atoms with Gasteiger partial charge in [0.15, 0.2) is 0 Å². The Hall–Kier alpha value is -1.89. The van der Waals surface area contributed by atoms with E-state index in [4.69, 9.17) is 4.74 Å². The van der Waals surface area contributed by atoms with Crippen molar-refractivity contribution in [2.24, 2.45) is 0 Å². The van der Waals surface area contributed by atoms with Crippen molar-refractivity contribution in [1.29, 1.82) is 0 Å². The number of fused-ring (bicyclic) bond motifs is 2. The number of rotatable bonds is 6. The molecule has 0 saturated carbocycles. The number of aromatic nitrogens is 1. The molecule has 1 atom stereocenters. The minimum atomic E-state index is -0.677. The molecule has 2 aromatic heterocycles. The lowest BCUT2D eigenvalue weighted by Gasteiger charge is -2.26. The molecule has 2 aliphatic rings. The maximum Gasteiger partial charge on any atom is 0.215 e. The molecule has 1 unspecified atom stereocenters. The highest BCUT2D eigenvalue weighted by Gasteiger charge is 2.16. The Balaban J connectivity index is 1.19. The second-order valence-corrected chi connectivity index (χ2v) is 7.49. The molecule has 6 heteroatoms. The fourth-order valence-electron chi connectivity index (χ4n) is 3.26. The van der Waals surface area contributed by atoms with E-state index in [1.165, 1.54) is 23.4 Å². The standard InChI is InChI=1S/C19H23N3O2S/c23-17-5-3-15-4-6-18(21-19(15)20-17)24-11-2-1-9-22-10-7-14-8-12-25-16(14)13-22/h3-6,8,12,17,23H,1-2,7,9-11,13H2,(H,20,21). The lowest BCUT2D eigenvalue weighted by atomic mass is 10.1. The molecule has 0 aliphatic carbocycles.